The first-order valence-electron chi connectivity index (χ1n) is 4.59. The van der Waals surface area contributed by atoms with Crippen molar-refractivity contribution in [2.45, 2.75) is 0 Å². The van der Waals surface area contributed by atoms with E-state index in [1.54, 1.807) is 24.5 Å². The summed E-state index contributed by atoms with van der Waals surface area (Å²) in [6.07, 6.45) is 3.23. The Labute approximate surface area is 115 Å². The molecule has 2 rings (SSSR count). The fourth-order valence-corrected chi connectivity index (χ4v) is 2.27. The molecule has 0 saturated heterocycles. The van der Waals surface area contributed by atoms with Gasteiger partial charge in [-0.15, -0.1) is 0 Å². The van der Waals surface area contributed by atoms with Gasteiger partial charge in [-0.2, -0.15) is 0 Å². The number of benzene rings is 1. The number of hydrogen-bond acceptors (Lipinski definition) is 2. The van der Waals surface area contributed by atoms with Crippen LogP contribution in [0.4, 0.5) is 0 Å². The number of aromatic nitrogens is 1. The van der Waals surface area contributed by atoms with Gasteiger partial charge < -0.3 is 0 Å². The van der Waals surface area contributed by atoms with Crippen LogP contribution in [0.5, 0.6) is 0 Å². The second-order valence-electron chi connectivity index (χ2n) is 3.17. The zero-order valence-electron chi connectivity index (χ0n) is 8.15. The Morgan fingerprint density at radius 3 is 2.75 bits per heavy atom. The normalized spacial score (nSPS) is 10.1. The molecular formula is C12H7BrINO. The van der Waals surface area contributed by atoms with Crippen LogP contribution in [0.1, 0.15) is 15.9 Å². The van der Waals surface area contributed by atoms with Crippen LogP contribution in [0.2, 0.25) is 0 Å². The van der Waals surface area contributed by atoms with Crippen molar-refractivity contribution < 1.29 is 4.79 Å². The number of carbonyl (C=O) groups is 1. The molecule has 1 aromatic carbocycles. The van der Waals surface area contributed by atoms with Gasteiger partial charge in [-0.1, -0.05) is 6.07 Å². The molecule has 2 nitrogen and oxygen atoms in total. The van der Waals surface area contributed by atoms with Crippen LogP contribution in [-0.4, -0.2) is 10.8 Å². The molecule has 16 heavy (non-hydrogen) atoms. The number of halogens is 2. The second kappa shape index (κ2) is 5.05. The van der Waals surface area contributed by atoms with E-state index in [1.165, 1.54) is 0 Å². The molecule has 0 atom stereocenters. The Morgan fingerprint density at radius 2 is 2.06 bits per heavy atom. The van der Waals surface area contributed by atoms with Crippen molar-refractivity contribution in [2.75, 3.05) is 0 Å². The summed E-state index contributed by atoms with van der Waals surface area (Å²) in [6, 6.07) is 9.15. The maximum Gasteiger partial charge on any atom is 0.195 e. The summed E-state index contributed by atoms with van der Waals surface area (Å²) in [5.41, 5.74) is 1.27. The highest BCUT2D eigenvalue weighted by molar-refractivity contribution is 14.1. The Morgan fingerprint density at radius 1 is 1.25 bits per heavy atom. The molecule has 0 radical (unpaired) electrons. The van der Waals surface area contributed by atoms with E-state index in [1.807, 2.05) is 18.2 Å². The molecule has 4 heteroatoms. The van der Waals surface area contributed by atoms with Crippen LogP contribution < -0.4 is 0 Å². The molecule has 0 N–H and O–H groups in total. The number of rotatable bonds is 2. The summed E-state index contributed by atoms with van der Waals surface area (Å²) in [5, 5.41) is 0. The average Bonchev–Trinajstić information content (AvgIpc) is 2.33. The third-order valence-corrected chi connectivity index (χ3v) is 4.61. The van der Waals surface area contributed by atoms with Gasteiger partial charge in [0.25, 0.3) is 0 Å². The molecule has 0 fully saturated rings. The fraction of sp³-hybridized carbons (Fsp3) is 0. The van der Waals surface area contributed by atoms with Crippen molar-refractivity contribution in [1.29, 1.82) is 0 Å². The minimum absolute atomic E-state index is 0.0153. The van der Waals surface area contributed by atoms with Crippen LogP contribution in [0.3, 0.4) is 0 Å². The Bertz CT molecular complexity index is 528. The van der Waals surface area contributed by atoms with E-state index >= 15 is 0 Å². The van der Waals surface area contributed by atoms with Gasteiger partial charge in [0, 0.05) is 31.6 Å². The zero-order chi connectivity index (χ0) is 11.5. The lowest BCUT2D eigenvalue weighted by molar-refractivity contribution is 0.103. The van der Waals surface area contributed by atoms with E-state index in [0.717, 1.165) is 8.04 Å². The average molecular weight is 388 g/mol. The predicted octanol–water partition coefficient (Wildman–Crippen LogP) is 3.68. The highest BCUT2D eigenvalue weighted by Gasteiger charge is 2.13. The van der Waals surface area contributed by atoms with Gasteiger partial charge in [-0.05, 0) is 62.8 Å². The number of pyridine rings is 1. The fourth-order valence-electron chi connectivity index (χ4n) is 1.33. The maximum atomic E-state index is 12.1. The molecule has 1 aromatic heterocycles. The third kappa shape index (κ3) is 2.32. The van der Waals surface area contributed by atoms with E-state index < -0.39 is 0 Å². The number of hydrogen-bond donors (Lipinski definition) is 0. The summed E-state index contributed by atoms with van der Waals surface area (Å²) >= 11 is 5.62. The Hall–Kier alpha value is -0.750. The lowest BCUT2D eigenvalue weighted by Gasteiger charge is -2.04. The number of carbonyl (C=O) groups excluding carboxylic acids is 1. The van der Waals surface area contributed by atoms with Gasteiger partial charge in [-0.25, -0.2) is 0 Å². The Balaban J connectivity index is 2.46. The lowest BCUT2D eigenvalue weighted by atomic mass is 10.1. The lowest BCUT2D eigenvalue weighted by Crippen LogP contribution is -2.03. The maximum absolute atomic E-state index is 12.1. The molecule has 0 aliphatic carbocycles. The van der Waals surface area contributed by atoms with Crippen molar-refractivity contribution in [2.24, 2.45) is 0 Å². The molecule has 0 amide bonds. The van der Waals surface area contributed by atoms with Gasteiger partial charge in [0.05, 0.1) is 0 Å². The van der Waals surface area contributed by atoms with Crippen LogP contribution in [0.25, 0.3) is 0 Å². The van der Waals surface area contributed by atoms with Crippen LogP contribution in [-0.2, 0) is 0 Å². The quantitative estimate of drug-likeness (QED) is 0.581. The van der Waals surface area contributed by atoms with Gasteiger partial charge in [-0.3, -0.25) is 9.78 Å². The molecule has 0 saturated carbocycles. The molecule has 0 bridgehead atoms. The molecule has 0 unspecified atom stereocenters. The van der Waals surface area contributed by atoms with E-state index in [0.29, 0.717) is 11.1 Å². The summed E-state index contributed by atoms with van der Waals surface area (Å²) in [4.78, 5) is 16.1. The Kier molecular flexibility index (Phi) is 3.70. The number of nitrogens with zero attached hydrogens (tertiary/aromatic N) is 1. The summed E-state index contributed by atoms with van der Waals surface area (Å²) in [7, 11) is 0. The SMILES string of the molecule is O=C(c1cccnc1)c1cccc(I)c1Br. The molecule has 0 spiro atoms. The van der Waals surface area contributed by atoms with Crippen molar-refractivity contribution in [3.05, 3.63) is 61.9 Å². The van der Waals surface area contributed by atoms with Crippen LogP contribution in [0, 0.1) is 3.57 Å². The summed E-state index contributed by atoms with van der Waals surface area (Å²) in [5.74, 6) is -0.0153. The molecule has 0 aliphatic rings. The van der Waals surface area contributed by atoms with Crippen LogP contribution >= 0.6 is 38.5 Å². The molecule has 1 heterocycles. The largest absolute Gasteiger partial charge is 0.289 e. The van der Waals surface area contributed by atoms with Crippen molar-refractivity contribution >= 4 is 44.3 Å². The first kappa shape index (κ1) is 11.7. The smallest absolute Gasteiger partial charge is 0.195 e. The van der Waals surface area contributed by atoms with Crippen molar-refractivity contribution in [3.8, 4) is 0 Å². The second-order valence-corrected chi connectivity index (χ2v) is 5.13. The first-order valence-corrected chi connectivity index (χ1v) is 6.46. The summed E-state index contributed by atoms with van der Waals surface area (Å²) < 4.78 is 1.86. The topological polar surface area (TPSA) is 30.0 Å². The first-order chi connectivity index (χ1) is 7.70. The monoisotopic (exact) mass is 387 g/mol. The minimum Gasteiger partial charge on any atom is -0.289 e. The van der Waals surface area contributed by atoms with E-state index in [-0.39, 0.29) is 5.78 Å². The van der Waals surface area contributed by atoms with Gasteiger partial charge in [0.15, 0.2) is 5.78 Å². The van der Waals surface area contributed by atoms with Crippen molar-refractivity contribution in [1.82, 2.24) is 4.98 Å². The van der Waals surface area contributed by atoms with E-state index in [4.69, 9.17) is 0 Å². The van der Waals surface area contributed by atoms with Gasteiger partial charge in [0.1, 0.15) is 0 Å². The van der Waals surface area contributed by atoms with Gasteiger partial charge in [0.2, 0.25) is 0 Å². The summed E-state index contributed by atoms with van der Waals surface area (Å²) in [6.45, 7) is 0. The van der Waals surface area contributed by atoms with Crippen molar-refractivity contribution in [3.63, 3.8) is 0 Å². The molecular weight excluding hydrogens is 381 g/mol. The highest BCUT2D eigenvalue weighted by atomic mass is 127. The minimum atomic E-state index is -0.0153. The van der Waals surface area contributed by atoms with Crippen LogP contribution in [0.15, 0.2) is 47.2 Å². The van der Waals surface area contributed by atoms with E-state index in [2.05, 4.69) is 43.5 Å². The standard InChI is InChI=1S/C12H7BrINO/c13-11-9(4-1-5-10(11)14)12(16)8-3-2-6-15-7-8/h1-7H. The highest BCUT2D eigenvalue weighted by Crippen LogP contribution is 2.25. The molecule has 0 aliphatic heterocycles. The third-order valence-electron chi connectivity index (χ3n) is 2.12. The predicted molar refractivity (Wildman–Crippen MR) is 74.5 cm³/mol. The van der Waals surface area contributed by atoms with E-state index in [9.17, 15) is 4.79 Å². The van der Waals surface area contributed by atoms with Gasteiger partial charge >= 0.3 is 0 Å². The zero-order valence-corrected chi connectivity index (χ0v) is 11.9. The number of ketones is 1. The molecule has 80 valence electrons. The molecule has 2 aromatic rings.